The molecule has 1 aliphatic carbocycles. The van der Waals surface area contributed by atoms with Crippen LogP contribution in [-0.4, -0.2) is 30.9 Å². The minimum Gasteiger partial charge on any atom is -0.490 e. The molecule has 0 saturated heterocycles. The summed E-state index contributed by atoms with van der Waals surface area (Å²) in [7, 11) is 0. The molecule has 1 aliphatic rings. The van der Waals surface area contributed by atoms with E-state index in [1.165, 1.54) is 47.9 Å². The molecule has 0 aromatic heterocycles. The Hall–Kier alpha value is -2.59. The van der Waals surface area contributed by atoms with Gasteiger partial charge in [-0.15, -0.1) is 0 Å². The third kappa shape index (κ3) is 6.94. The first-order valence-corrected chi connectivity index (χ1v) is 12.3. The first-order chi connectivity index (χ1) is 16.0. The fourth-order valence-corrected chi connectivity index (χ4v) is 4.72. The van der Waals surface area contributed by atoms with Crippen LogP contribution in [0.3, 0.4) is 0 Å². The van der Waals surface area contributed by atoms with Gasteiger partial charge in [0.25, 0.3) is 0 Å². The first kappa shape index (κ1) is 25.0. The summed E-state index contributed by atoms with van der Waals surface area (Å²) in [6.07, 6.45) is 8.71. The van der Waals surface area contributed by atoms with E-state index in [0.717, 1.165) is 36.1 Å². The molecule has 0 radical (unpaired) electrons. The van der Waals surface area contributed by atoms with Gasteiger partial charge in [-0.3, -0.25) is 0 Å². The van der Waals surface area contributed by atoms with Crippen molar-refractivity contribution in [3.63, 3.8) is 0 Å². The summed E-state index contributed by atoms with van der Waals surface area (Å²) in [6, 6.07) is 13.4. The number of aliphatic hydroxyl groups excluding tert-OH is 1. The zero-order chi connectivity index (χ0) is 23.6. The van der Waals surface area contributed by atoms with Gasteiger partial charge in [-0.1, -0.05) is 63.6 Å². The molecule has 33 heavy (non-hydrogen) atoms. The second kappa shape index (κ2) is 12.6. The molecule has 1 saturated carbocycles. The van der Waals surface area contributed by atoms with Crippen LogP contribution in [0.4, 0.5) is 0 Å². The maximum atomic E-state index is 11.3. The quantitative estimate of drug-likeness (QED) is 0.250. The van der Waals surface area contributed by atoms with Gasteiger partial charge in [0.1, 0.15) is 19.0 Å². The second-order valence-corrected chi connectivity index (χ2v) is 9.10. The molecule has 0 aliphatic heterocycles. The zero-order valence-corrected chi connectivity index (χ0v) is 20.1. The van der Waals surface area contributed by atoms with Crippen molar-refractivity contribution >= 4 is 5.97 Å². The maximum Gasteiger partial charge on any atom is 0.330 e. The summed E-state index contributed by atoms with van der Waals surface area (Å²) < 4.78 is 11.1. The number of esters is 1. The molecule has 4 heteroatoms. The Morgan fingerprint density at radius 3 is 2.45 bits per heavy atom. The Balaban J connectivity index is 1.81. The van der Waals surface area contributed by atoms with Crippen LogP contribution in [0.25, 0.3) is 11.1 Å². The van der Waals surface area contributed by atoms with Gasteiger partial charge < -0.3 is 14.6 Å². The van der Waals surface area contributed by atoms with Crippen LogP contribution in [0.2, 0.25) is 0 Å². The van der Waals surface area contributed by atoms with E-state index in [0.29, 0.717) is 12.3 Å². The molecule has 0 spiro atoms. The predicted molar refractivity (Wildman–Crippen MR) is 134 cm³/mol. The molecule has 0 bridgehead atoms. The number of benzene rings is 2. The van der Waals surface area contributed by atoms with E-state index in [2.05, 4.69) is 56.8 Å². The lowest BCUT2D eigenvalue weighted by Crippen LogP contribution is -2.11. The Bertz CT molecular complexity index is 908. The third-order valence-electron chi connectivity index (χ3n) is 6.73. The van der Waals surface area contributed by atoms with Gasteiger partial charge in [-0.25, -0.2) is 4.79 Å². The fraction of sp³-hybridized carbons (Fsp3) is 0.483. The van der Waals surface area contributed by atoms with Crippen molar-refractivity contribution in [2.24, 2.45) is 5.92 Å². The summed E-state index contributed by atoms with van der Waals surface area (Å²) in [5, 5.41) is 9.32. The van der Waals surface area contributed by atoms with E-state index in [1.54, 1.807) is 0 Å². The Morgan fingerprint density at radius 1 is 1.09 bits per heavy atom. The molecule has 0 unspecified atom stereocenters. The number of rotatable bonds is 11. The minimum absolute atomic E-state index is 0.140. The van der Waals surface area contributed by atoms with Gasteiger partial charge in [-0.05, 0) is 77.8 Å². The number of ether oxygens (including phenoxy) is 2. The zero-order valence-electron chi connectivity index (χ0n) is 20.1. The van der Waals surface area contributed by atoms with E-state index in [1.807, 2.05) is 0 Å². The highest BCUT2D eigenvalue weighted by atomic mass is 16.6. The maximum absolute atomic E-state index is 11.3. The van der Waals surface area contributed by atoms with Crippen LogP contribution in [0, 0.1) is 5.92 Å². The topological polar surface area (TPSA) is 55.8 Å². The Kier molecular flexibility index (Phi) is 9.56. The van der Waals surface area contributed by atoms with E-state index >= 15 is 0 Å². The normalized spacial score (nSPS) is 18.0. The lowest BCUT2D eigenvalue weighted by molar-refractivity contribution is -0.138. The van der Waals surface area contributed by atoms with Crippen LogP contribution in [0.5, 0.6) is 5.75 Å². The van der Waals surface area contributed by atoms with Crippen LogP contribution in [0.1, 0.15) is 68.6 Å². The molecule has 2 aromatic rings. The second-order valence-electron chi connectivity index (χ2n) is 9.10. The molecular formula is C29H38O4. The number of carbonyl (C=O) groups excluding carboxylic acids is 1. The molecular weight excluding hydrogens is 412 g/mol. The summed E-state index contributed by atoms with van der Waals surface area (Å²) in [4.78, 5) is 11.3. The van der Waals surface area contributed by atoms with Crippen molar-refractivity contribution in [1.29, 1.82) is 0 Å². The predicted octanol–water partition coefficient (Wildman–Crippen LogP) is 6.24. The summed E-state index contributed by atoms with van der Waals surface area (Å²) >= 11 is 0. The molecule has 4 nitrogen and oxygen atoms in total. The lowest BCUT2D eigenvalue weighted by Gasteiger charge is -2.26. The molecule has 1 N–H and O–H groups in total. The fourth-order valence-electron chi connectivity index (χ4n) is 4.72. The number of hydrogen-bond acceptors (Lipinski definition) is 4. The van der Waals surface area contributed by atoms with Crippen LogP contribution < -0.4 is 4.74 Å². The molecule has 0 atom stereocenters. The number of hydrogen-bond donors (Lipinski definition) is 1. The number of aliphatic hydroxyl groups is 1. The largest absolute Gasteiger partial charge is 0.490 e. The van der Waals surface area contributed by atoms with Crippen molar-refractivity contribution in [2.45, 2.75) is 64.7 Å². The number of aryl methyl sites for hydroxylation is 2. The molecule has 1 fully saturated rings. The average Bonchev–Trinajstić information content (AvgIpc) is 2.85. The van der Waals surface area contributed by atoms with Crippen molar-refractivity contribution in [1.82, 2.24) is 0 Å². The lowest BCUT2D eigenvalue weighted by atomic mass is 9.79. The van der Waals surface area contributed by atoms with E-state index in [9.17, 15) is 9.90 Å². The Labute approximate surface area is 198 Å². The van der Waals surface area contributed by atoms with E-state index < -0.39 is 5.97 Å². The third-order valence-corrected chi connectivity index (χ3v) is 6.73. The van der Waals surface area contributed by atoms with Crippen LogP contribution in [0.15, 0.2) is 49.1 Å². The number of carbonyl (C=O) groups is 1. The van der Waals surface area contributed by atoms with Gasteiger partial charge in [0, 0.05) is 12.7 Å². The van der Waals surface area contributed by atoms with Crippen molar-refractivity contribution in [3.05, 3.63) is 65.7 Å². The molecule has 0 amide bonds. The Morgan fingerprint density at radius 2 is 1.82 bits per heavy atom. The SMILES string of the molecule is C=CC(=O)OCCOc1cc(-c2ccc(C3CCC(C)CC3)cc2)c(CC)cc1CCCO. The molecule has 0 heterocycles. The smallest absolute Gasteiger partial charge is 0.330 e. The highest BCUT2D eigenvalue weighted by Crippen LogP contribution is 2.37. The summed E-state index contributed by atoms with van der Waals surface area (Å²) in [5.41, 5.74) is 6.16. The van der Waals surface area contributed by atoms with E-state index in [-0.39, 0.29) is 19.8 Å². The summed E-state index contributed by atoms with van der Waals surface area (Å²) in [6.45, 7) is 8.52. The standard InChI is InChI=1S/C29H38O4/c1-4-22-19-26(7-6-16-30)28(32-17-18-33-29(31)5-2)20-27(22)25-14-12-24(13-15-25)23-10-8-21(3)9-11-23/h5,12-15,19-21,23,30H,2,4,6-11,16-18H2,1,3H3. The van der Waals surface area contributed by atoms with Gasteiger partial charge in [0.05, 0.1) is 0 Å². The van der Waals surface area contributed by atoms with Gasteiger partial charge >= 0.3 is 5.97 Å². The minimum atomic E-state index is -0.450. The van der Waals surface area contributed by atoms with Gasteiger partial charge in [0.15, 0.2) is 0 Å². The average molecular weight is 451 g/mol. The van der Waals surface area contributed by atoms with Gasteiger partial charge in [-0.2, -0.15) is 0 Å². The first-order valence-electron chi connectivity index (χ1n) is 12.3. The van der Waals surface area contributed by atoms with Crippen molar-refractivity contribution < 1.29 is 19.4 Å². The van der Waals surface area contributed by atoms with Crippen LogP contribution >= 0.6 is 0 Å². The van der Waals surface area contributed by atoms with Crippen LogP contribution in [-0.2, 0) is 22.4 Å². The molecule has 3 rings (SSSR count). The van der Waals surface area contributed by atoms with Crippen molar-refractivity contribution in [2.75, 3.05) is 19.8 Å². The molecule has 178 valence electrons. The van der Waals surface area contributed by atoms with E-state index in [4.69, 9.17) is 9.47 Å². The highest BCUT2D eigenvalue weighted by Gasteiger charge is 2.20. The van der Waals surface area contributed by atoms with Gasteiger partial charge in [0.2, 0.25) is 0 Å². The van der Waals surface area contributed by atoms with Crippen molar-refractivity contribution in [3.8, 4) is 16.9 Å². The molecule has 2 aromatic carbocycles. The summed E-state index contributed by atoms with van der Waals surface area (Å²) in [5.74, 6) is 1.87. The highest BCUT2D eigenvalue weighted by molar-refractivity contribution is 5.81. The monoisotopic (exact) mass is 450 g/mol.